The number of rotatable bonds is 4. The highest BCUT2D eigenvalue weighted by molar-refractivity contribution is 6.83. The fourth-order valence-corrected chi connectivity index (χ4v) is 2.26. The second-order valence-electron chi connectivity index (χ2n) is 5.89. The third-order valence-corrected chi connectivity index (χ3v) is 3.60. The predicted molar refractivity (Wildman–Crippen MR) is 88.4 cm³/mol. The number of carbonyl (C=O) groups is 1. The van der Waals surface area contributed by atoms with Crippen molar-refractivity contribution in [2.75, 3.05) is 13.1 Å². The van der Waals surface area contributed by atoms with E-state index in [0.717, 1.165) is 5.56 Å². The summed E-state index contributed by atoms with van der Waals surface area (Å²) in [5, 5.41) is 0. The van der Waals surface area contributed by atoms with E-state index in [9.17, 15) is 4.79 Å². The largest absolute Gasteiger partial charge is 0.324 e. The van der Waals surface area contributed by atoms with Gasteiger partial charge in [-0.25, -0.2) is 0 Å². The van der Waals surface area contributed by atoms with Gasteiger partial charge in [-0.15, -0.1) is 12.1 Å². The molecule has 1 rings (SSSR count). The highest BCUT2D eigenvalue weighted by atomic mass is 28.3. The Morgan fingerprint density at radius 3 is 2.40 bits per heavy atom. The lowest BCUT2D eigenvalue weighted by Gasteiger charge is -2.18. The van der Waals surface area contributed by atoms with E-state index in [1.54, 1.807) is 11.0 Å². The van der Waals surface area contributed by atoms with Gasteiger partial charge in [-0.2, -0.15) is 0 Å². The molecule has 0 aliphatic carbocycles. The molecule has 0 spiro atoms. The molecule has 106 valence electrons. The predicted octanol–water partition coefficient (Wildman–Crippen LogP) is 3.50. The van der Waals surface area contributed by atoms with Crippen LogP contribution in [0.4, 0.5) is 0 Å². The van der Waals surface area contributed by atoms with Crippen LogP contribution in [0.5, 0.6) is 0 Å². The maximum Gasteiger partial charge on any atom is 0.254 e. The Bertz CT molecular complexity index is 529. The van der Waals surface area contributed by atoms with Crippen LogP contribution in [0.25, 0.3) is 0 Å². The van der Waals surface area contributed by atoms with Gasteiger partial charge in [0.2, 0.25) is 0 Å². The fourth-order valence-electron chi connectivity index (χ4n) is 1.65. The summed E-state index contributed by atoms with van der Waals surface area (Å²) in [4.78, 5) is 14.2. The Kier molecular flexibility index (Phi) is 5.78. The molecule has 0 aliphatic rings. The van der Waals surface area contributed by atoms with Crippen LogP contribution < -0.4 is 0 Å². The standard InChI is InChI=1S/C17H23NOSi/c1-6-12-18(13-7-14-20(3,4)5)17(19)16-10-8-15(2)9-11-16/h6,8-11H,1,12-13H2,2-5H3. The molecule has 1 aromatic carbocycles. The van der Waals surface area contributed by atoms with Crippen LogP contribution in [0.1, 0.15) is 15.9 Å². The first-order valence-electron chi connectivity index (χ1n) is 6.80. The van der Waals surface area contributed by atoms with Gasteiger partial charge in [-0.05, 0) is 19.1 Å². The minimum Gasteiger partial charge on any atom is -0.324 e. The number of benzene rings is 1. The molecule has 0 N–H and O–H groups in total. The molecule has 0 aromatic heterocycles. The summed E-state index contributed by atoms with van der Waals surface area (Å²) in [6.07, 6.45) is 1.74. The summed E-state index contributed by atoms with van der Waals surface area (Å²) >= 11 is 0. The average Bonchev–Trinajstić information content (AvgIpc) is 2.36. The molecule has 0 radical (unpaired) electrons. The van der Waals surface area contributed by atoms with Crippen LogP contribution in [0.15, 0.2) is 36.9 Å². The summed E-state index contributed by atoms with van der Waals surface area (Å²) in [5.74, 6) is 3.15. The molecule has 0 atom stereocenters. The van der Waals surface area contributed by atoms with Gasteiger partial charge in [0.25, 0.3) is 5.91 Å². The first kappa shape index (κ1) is 16.3. The molecule has 0 bridgehead atoms. The molecule has 3 heteroatoms. The Morgan fingerprint density at radius 2 is 1.90 bits per heavy atom. The number of carbonyl (C=O) groups excluding carboxylic acids is 1. The Balaban J connectivity index is 2.84. The third-order valence-electron chi connectivity index (χ3n) is 2.67. The van der Waals surface area contributed by atoms with Crippen molar-refractivity contribution in [2.24, 2.45) is 0 Å². The Labute approximate surface area is 123 Å². The lowest BCUT2D eigenvalue weighted by Crippen LogP contribution is -2.32. The molecule has 0 fully saturated rings. The zero-order valence-corrected chi connectivity index (χ0v) is 13.9. The van der Waals surface area contributed by atoms with Gasteiger partial charge in [0.1, 0.15) is 8.07 Å². The topological polar surface area (TPSA) is 20.3 Å². The van der Waals surface area contributed by atoms with E-state index in [1.807, 2.05) is 31.2 Å². The molecule has 0 heterocycles. The van der Waals surface area contributed by atoms with Gasteiger partial charge in [-0.1, -0.05) is 49.3 Å². The van der Waals surface area contributed by atoms with Gasteiger partial charge < -0.3 is 4.90 Å². The first-order valence-corrected chi connectivity index (χ1v) is 10.3. The average molecular weight is 285 g/mol. The summed E-state index contributed by atoms with van der Waals surface area (Å²) in [6.45, 7) is 13.3. The Morgan fingerprint density at radius 1 is 1.30 bits per heavy atom. The Hall–Kier alpha value is -1.79. The van der Waals surface area contributed by atoms with E-state index in [0.29, 0.717) is 18.7 Å². The molecular formula is C17H23NOSi. The molecule has 0 saturated carbocycles. The smallest absolute Gasteiger partial charge is 0.254 e. The van der Waals surface area contributed by atoms with Crippen molar-refractivity contribution in [1.29, 1.82) is 0 Å². The van der Waals surface area contributed by atoms with Gasteiger partial charge in [-0.3, -0.25) is 4.79 Å². The zero-order chi connectivity index (χ0) is 15.2. The van der Waals surface area contributed by atoms with E-state index in [4.69, 9.17) is 0 Å². The van der Waals surface area contributed by atoms with Crippen LogP contribution >= 0.6 is 0 Å². The van der Waals surface area contributed by atoms with Crippen molar-refractivity contribution in [3.8, 4) is 11.5 Å². The van der Waals surface area contributed by atoms with Crippen LogP contribution in [-0.2, 0) is 0 Å². The third kappa shape index (κ3) is 5.46. The van der Waals surface area contributed by atoms with Crippen molar-refractivity contribution < 1.29 is 4.79 Å². The number of aryl methyl sites for hydroxylation is 1. The van der Waals surface area contributed by atoms with E-state index >= 15 is 0 Å². The highest BCUT2D eigenvalue weighted by Crippen LogP contribution is 2.07. The normalized spacial score (nSPS) is 10.4. The lowest BCUT2D eigenvalue weighted by atomic mass is 10.1. The molecular weight excluding hydrogens is 262 g/mol. The van der Waals surface area contributed by atoms with Crippen molar-refractivity contribution >= 4 is 14.0 Å². The minimum atomic E-state index is -1.39. The highest BCUT2D eigenvalue weighted by Gasteiger charge is 2.13. The van der Waals surface area contributed by atoms with E-state index in [1.165, 1.54) is 0 Å². The molecule has 0 unspecified atom stereocenters. The number of hydrogen-bond donors (Lipinski definition) is 0. The van der Waals surface area contributed by atoms with Gasteiger partial charge in [0.15, 0.2) is 0 Å². The second kappa shape index (κ2) is 7.11. The SMILES string of the molecule is C=CCN(CC#C[Si](C)(C)C)C(=O)c1ccc(C)cc1. The fraction of sp³-hybridized carbons (Fsp3) is 0.353. The maximum atomic E-state index is 12.4. The monoisotopic (exact) mass is 285 g/mol. The first-order chi connectivity index (χ1) is 9.33. The van der Waals surface area contributed by atoms with Gasteiger partial charge in [0, 0.05) is 12.1 Å². The van der Waals surface area contributed by atoms with Crippen LogP contribution in [0.2, 0.25) is 19.6 Å². The molecule has 0 saturated heterocycles. The summed E-state index contributed by atoms with van der Waals surface area (Å²) in [5.41, 5.74) is 5.14. The summed E-state index contributed by atoms with van der Waals surface area (Å²) < 4.78 is 0. The quantitative estimate of drug-likeness (QED) is 0.471. The molecule has 1 amide bonds. The second-order valence-corrected chi connectivity index (χ2v) is 10.6. The van der Waals surface area contributed by atoms with E-state index < -0.39 is 8.07 Å². The maximum absolute atomic E-state index is 12.4. The van der Waals surface area contributed by atoms with E-state index in [-0.39, 0.29) is 5.91 Å². The van der Waals surface area contributed by atoms with Crippen molar-refractivity contribution in [1.82, 2.24) is 4.90 Å². The summed E-state index contributed by atoms with van der Waals surface area (Å²) in [6, 6.07) is 7.62. The summed E-state index contributed by atoms with van der Waals surface area (Å²) in [7, 11) is -1.39. The van der Waals surface area contributed by atoms with Gasteiger partial charge in [0.05, 0.1) is 6.54 Å². The number of amides is 1. The van der Waals surface area contributed by atoms with Crippen LogP contribution in [-0.4, -0.2) is 32.0 Å². The molecule has 0 aliphatic heterocycles. The molecule has 2 nitrogen and oxygen atoms in total. The van der Waals surface area contributed by atoms with Crippen molar-refractivity contribution in [3.05, 3.63) is 48.0 Å². The zero-order valence-electron chi connectivity index (χ0n) is 12.9. The lowest BCUT2D eigenvalue weighted by molar-refractivity contribution is 0.0793. The number of hydrogen-bond acceptors (Lipinski definition) is 1. The van der Waals surface area contributed by atoms with Crippen LogP contribution in [0.3, 0.4) is 0 Å². The molecule has 1 aromatic rings. The van der Waals surface area contributed by atoms with E-state index in [2.05, 4.69) is 37.7 Å². The van der Waals surface area contributed by atoms with Crippen molar-refractivity contribution in [3.63, 3.8) is 0 Å². The number of nitrogens with zero attached hydrogens (tertiary/aromatic N) is 1. The van der Waals surface area contributed by atoms with Crippen LogP contribution in [0, 0.1) is 18.4 Å². The minimum absolute atomic E-state index is 0.00905. The van der Waals surface area contributed by atoms with Gasteiger partial charge >= 0.3 is 0 Å². The molecule has 20 heavy (non-hydrogen) atoms. The van der Waals surface area contributed by atoms with Crippen molar-refractivity contribution in [2.45, 2.75) is 26.6 Å².